The number of hydrogen-bond donors (Lipinski definition) is 1. The number of nitrogens with zero attached hydrogens (tertiary/aromatic N) is 2. The molecule has 0 fully saturated rings. The maximum Gasteiger partial charge on any atom is 0.276 e. The highest BCUT2D eigenvalue weighted by atomic mass is 16.7. The predicted octanol–water partition coefficient (Wildman–Crippen LogP) is 0.0197. The number of carbonyl (C=O) groups is 1. The summed E-state index contributed by atoms with van der Waals surface area (Å²) < 4.78 is 0. The molecule has 7 heteroatoms. The van der Waals surface area contributed by atoms with E-state index in [0.717, 1.165) is 0 Å². The summed E-state index contributed by atoms with van der Waals surface area (Å²) in [6.45, 7) is -0.522. The molecule has 0 spiro atoms. The summed E-state index contributed by atoms with van der Waals surface area (Å²) in [6.07, 6.45) is 2.90. The van der Waals surface area contributed by atoms with Crippen LogP contribution in [0.25, 0.3) is 0 Å². The monoisotopic (exact) mass is 211 g/mol. The molecule has 0 aromatic carbocycles. The molecule has 0 saturated heterocycles. The number of hydrogen-bond acceptors (Lipinski definition) is 5. The molecule has 0 atom stereocenters. The lowest BCUT2D eigenvalue weighted by Crippen LogP contribution is -2.26. The fourth-order valence-electron chi connectivity index (χ4n) is 0.793. The number of aromatic nitrogens is 1. The average molecular weight is 211 g/mol. The van der Waals surface area contributed by atoms with Gasteiger partial charge in [0, 0.05) is 17.3 Å². The van der Waals surface area contributed by atoms with Crippen LogP contribution in [0, 0.1) is 10.1 Å². The number of nitrogens with one attached hydrogen (secondary N) is 1. The highest BCUT2D eigenvalue weighted by Gasteiger charge is 2.05. The molecule has 0 aliphatic rings. The van der Waals surface area contributed by atoms with Crippen molar-refractivity contribution >= 4 is 5.91 Å². The van der Waals surface area contributed by atoms with Gasteiger partial charge in [-0.2, -0.15) is 0 Å². The second-order valence-electron chi connectivity index (χ2n) is 2.58. The second kappa shape index (κ2) is 5.66. The van der Waals surface area contributed by atoms with Crippen LogP contribution in [0.4, 0.5) is 0 Å². The molecule has 1 aromatic rings. The Labute approximate surface area is 85.2 Å². The molecule has 1 amide bonds. The Kier molecular flexibility index (Phi) is 4.17. The summed E-state index contributed by atoms with van der Waals surface area (Å²) in [4.78, 5) is 29.0. The Morgan fingerprint density at radius 1 is 1.67 bits per heavy atom. The van der Waals surface area contributed by atoms with Crippen molar-refractivity contribution in [1.82, 2.24) is 10.5 Å². The van der Waals surface area contributed by atoms with E-state index in [9.17, 15) is 14.9 Å². The van der Waals surface area contributed by atoms with Crippen molar-refractivity contribution < 1.29 is 14.6 Å². The molecule has 15 heavy (non-hydrogen) atoms. The molecule has 0 bridgehead atoms. The highest BCUT2D eigenvalue weighted by Crippen LogP contribution is 1.94. The van der Waals surface area contributed by atoms with Crippen molar-refractivity contribution in [3.8, 4) is 0 Å². The molecule has 0 aliphatic carbocycles. The fourth-order valence-corrected chi connectivity index (χ4v) is 0.793. The zero-order valence-corrected chi connectivity index (χ0v) is 7.75. The van der Waals surface area contributed by atoms with Gasteiger partial charge in [0.05, 0.1) is 5.56 Å². The number of amides is 1. The van der Waals surface area contributed by atoms with Crippen LogP contribution in [0.3, 0.4) is 0 Å². The van der Waals surface area contributed by atoms with E-state index in [1.54, 1.807) is 12.1 Å². The zero-order valence-electron chi connectivity index (χ0n) is 7.75. The lowest BCUT2D eigenvalue weighted by Gasteiger charge is -2.02. The van der Waals surface area contributed by atoms with Crippen LogP contribution in [-0.2, 0) is 4.84 Å². The second-order valence-corrected chi connectivity index (χ2v) is 2.58. The number of carbonyl (C=O) groups excluding carboxylic acids is 1. The van der Waals surface area contributed by atoms with E-state index in [2.05, 4.69) is 15.3 Å². The molecule has 0 saturated carbocycles. The third-order valence-electron chi connectivity index (χ3n) is 1.46. The molecule has 0 radical (unpaired) electrons. The van der Waals surface area contributed by atoms with Gasteiger partial charge in [0.25, 0.3) is 5.91 Å². The predicted molar refractivity (Wildman–Crippen MR) is 49.5 cm³/mol. The van der Waals surface area contributed by atoms with Gasteiger partial charge in [-0.25, -0.2) is 5.48 Å². The number of pyridine rings is 1. The van der Waals surface area contributed by atoms with Crippen molar-refractivity contribution in [3.05, 3.63) is 40.2 Å². The standard InChI is InChI=1S/C8H9N3O4/c12-8(7-2-1-3-9-6-7)10-15-5-4-11(13)14/h1-3,6H,4-5H2,(H,10,12). The van der Waals surface area contributed by atoms with Gasteiger partial charge in [-0.3, -0.25) is 24.7 Å². The van der Waals surface area contributed by atoms with Crippen LogP contribution in [0.2, 0.25) is 0 Å². The van der Waals surface area contributed by atoms with Gasteiger partial charge in [-0.15, -0.1) is 0 Å². The van der Waals surface area contributed by atoms with Crippen LogP contribution in [-0.4, -0.2) is 29.0 Å². The number of hydroxylamine groups is 1. The Hall–Kier alpha value is -2.02. The van der Waals surface area contributed by atoms with E-state index in [4.69, 9.17) is 0 Å². The summed E-state index contributed by atoms with van der Waals surface area (Å²) >= 11 is 0. The molecule has 1 heterocycles. The first-order chi connectivity index (χ1) is 7.20. The molecular formula is C8H9N3O4. The molecular weight excluding hydrogens is 202 g/mol. The van der Waals surface area contributed by atoms with E-state index in [1.165, 1.54) is 12.4 Å². The first-order valence-electron chi connectivity index (χ1n) is 4.14. The summed E-state index contributed by atoms with van der Waals surface area (Å²) in [5, 5.41) is 9.92. The van der Waals surface area contributed by atoms with Crippen molar-refractivity contribution in [2.75, 3.05) is 13.2 Å². The third kappa shape index (κ3) is 4.14. The van der Waals surface area contributed by atoms with E-state index in [1.807, 2.05) is 0 Å². The Morgan fingerprint density at radius 3 is 3.07 bits per heavy atom. The Balaban J connectivity index is 2.28. The molecule has 0 aliphatic heterocycles. The van der Waals surface area contributed by atoms with Crippen LogP contribution in [0.5, 0.6) is 0 Å². The third-order valence-corrected chi connectivity index (χ3v) is 1.46. The lowest BCUT2D eigenvalue weighted by atomic mass is 10.3. The largest absolute Gasteiger partial charge is 0.276 e. The van der Waals surface area contributed by atoms with Crippen LogP contribution < -0.4 is 5.48 Å². The molecule has 80 valence electrons. The van der Waals surface area contributed by atoms with Crippen LogP contribution in [0.15, 0.2) is 24.5 Å². The quantitative estimate of drug-likeness (QED) is 0.421. The minimum atomic E-state index is -0.532. The van der Waals surface area contributed by atoms with Gasteiger partial charge < -0.3 is 0 Å². The van der Waals surface area contributed by atoms with Gasteiger partial charge >= 0.3 is 0 Å². The molecule has 1 N–H and O–H groups in total. The van der Waals surface area contributed by atoms with E-state index in [-0.39, 0.29) is 13.2 Å². The highest BCUT2D eigenvalue weighted by molar-refractivity contribution is 5.92. The Bertz CT molecular complexity index is 341. The van der Waals surface area contributed by atoms with Gasteiger partial charge in [0.2, 0.25) is 6.54 Å². The van der Waals surface area contributed by atoms with Crippen molar-refractivity contribution in [1.29, 1.82) is 0 Å². The maximum atomic E-state index is 11.2. The Morgan fingerprint density at radius 2 is 2.47 bits per heavy atom. The lowest BCUT2D eigenvalue weighted by molar-refractivity contribution is -0.484. The maximum absolute atomic E-state index is 11.2. The van der Waals surface area contributed by atoms with Crippen molar-refractivity contribution in [2.45, 2.75) is 0 Å². The van der Waals surface area contributed by atoms with Crippen molar-refractivity contribution in [2.24, 2.45) is 0 Å². The SMILES string of the molecule is O=C(NOCC[N+](=O)[O-])c1cccnc1. The molecule has 0 unspecified atom stereocenters. The van der Waals surface area contributed by atoms with Gasteiger partial charge in [-0.05, 0) is 12.1 Å². The topological polar surface area (TPSA) is 94.4 Å². The van der Waals surface area contributed by atoms with E-state index >= 15 is 0 Å². The molecule has 1 aromatic heterocycles. The number of rotatable bonds is 5. The van der Waals surface area contributed by atoms with Crippen LogP contribution >= 0.6 is 0 Å². The molecule has 7 nitrogen and oxygen atoms in total. The summed E-state index contributed by atoms with van der Waals surface area (Å²) in [5.74, 6) is -0.480. The van der Waals surface area contributed by atoms with E-state index < -0.39 is 10.8 Å². The summed E-state index contributed by atoms with van der Waals surface area (Å²) in [5.41, 5.74) is 2.40. The molecule has 1 rings (SSSR count). The van der Waals surface area contributed by atoms with Gasteiger partial charge in [0.15, 0.2) is 0 Å². The first kappa shape index (κ1) is 11.1. The minimum Gasteiger partial charge on any atom is -0.267 e. The van der Waals surface area contributed by atoms with Gasteiger partial charge in [-0.1, -0.05) is 0 Å². The first-order valence-corrected chi connectivity index (χ1v) is 4.14. The summed E-state index contributed by atoms with van der Waals surface area (Å²) in [7, 11) is 0. The van der Waals surface area contributed by atoms with E-state index in [0.29, 0.717) is 5.56 Å². The fraction of sp³-hybridized carbons (Fsp3) is 0.250. The zero-order chi connectivity index (χ0) is 11.1. The smallest absolute Gasteiger partial charge is 0.267 e. The normalized spacial score (nSPS) is 9.60. The number of nitro groups is 1. The van der Waals surface area contributed by atoms with Crippen molar-refractivity contribution in [3.63, 3.8) is 0 Å². The summed E-state index contributed by atoms with van der Waals surface area (Å²) in [6, 6.07) is 3.16. The van der Waals surface area contributed by atoms with Crippen LogP contribution in [0.1, 0.15) is 10.4 Å². The van der Waals surface area contributed by atoms with Gasteiger partial charge in [0.1, 0.15) is 6.61 Å². The average Bonchev–Trinajstić information content (AvgIpc) is 2.25. The minimum absolute atomic E-state index is 0.168.